The van der Waals surface area contributed by atoms with Gasteiger partial charge in [-0.05, 0) is 6.42 Å². The van der Waals surface area contributed by atoms with E-state index >= 15 is 0 Å². The predicted octanol–water partition coefficient (Wildman–Crippen LogP) is 0.748. The maximum atomic E-state index is 11.6. The Morgan fingerprint density at radius 1 is 0.960 bits per heavy atom. The van der Waals surface area contributed by atoms with Crippen LogP contribution in [0.1, 0.15) is 34.1 Å². The zero-order valence-electron chi connectivity index (χ0n) is 14.7. The molecule has 0 spiro atoms. The fraction of sp³-hybridized carbons (Fsp3) is 0.786. The second-order valence-electron chi connectivity index (χ2n) is 5.58. The molecule has 144 valence electrons. The number of esters is 3. The molecule has 6 atom stereocenters. The van der Waals surface area contributed by atoms with Gasteiger partial charge in [0.2, 0.25) is 6.29 Å². The molecule has 0 aromatic rings. The Balaban J connectivity index is 3.28. The van der Waals surface area contributed by atoms with Gasteiger partial charge in [0.1, 0.15) is 6.10 Å². The standard InChI is InChI=1S/C14H23O10P/c1-6-10-11(20-7(2)15)12(21-8(3)16)13(22-9(4)17)14(23-10)24-25(5,18)19/h10-14H,6H2,1-5H3,(H,18,19)/t10-,11+,12+,13-,14+/m0/s1. The number of carbonyl (C=O) groups is 3. The van der Waals surface area contributed by atoms with E-state index in [1.54, 1.807) is 6.92 Å². The van der Waals surface area contributed by atoms with E-state index in [2.05, 4.69) is 0 Å². The first-order chi connectivity index (χ1) is 11.4. The van der Waals surface area contributed by atoms with Gasteiger partial charge in [0.25, 0.3) is 0 Å². The van der Waals surface area contributed by atoms with Gasteiger partial charge in [0, 0.05) is 27.4 Å². The van der Waals surface area contributed by atoms with Crippen molar-refractivity contribution in [3.05, 3.63) is 0 Å². The smallest absolute Gasteiger partial charge is 0.327 e. The van der Waals surface area contributed by atoms with Crippen LogP contribution in [0, 0.1) is 0 Å². The largest absolute Gasteiger partial charge is 0.456 e. The van der Waals surface area contributed by atoms with Gasteiger partial charge in [-0.2, -0.15) is 0 Å². The van der Waals surface area contributed by atoms with Crippen LogP contribution >= 0.6 is 7.60 Å². The third-order valence-corrected chi connectivity index (χ3v) is 3.80. The first-order valence-electron chi connectivity index (χ1n) is 7.60. The average Bonchev–Trinajstić information content (AvgIpc) is 2.42. The van der Waals surface area contributed by atoms with Crippen molar-refractivity contribution in [1.29, 1.82) is 0 Å². The number of rotatable bonds is 6. The van der Waals surface area contributed by atoms with Crippen LogP contribution in [0.2, 0.25) is 0 Å². The maximum Gasteiger partial charge on any atom is 0.327 e. The van der Waals surface area contributed by atoms with Crippen molar-refractivity contribution >= 4 is 25.5 Å². The van der Waals surface area contributed by atoms with E-state index in [9.17, 15) is 23.8 Å². The number of carbonyl (C=O) groups excluding carboxylic acids is 3. The lowest BCUT2D eigenvalue weighted by molar-refractivity contribution is -0.285. The summed E-state index contributed by atoms with van der Waals surface area (Å²) >= 11 is 0. The molecule has 0 aromatic heterocycles. The Labute approximate surface area is 145 Å². The lowest BCUT2D eigenvalue weighted by atomic mass is 9.96. The zero-order chi connectivity index (χ0) is 19.4. The van der Waals surface area contributed by atoms with Gasteiger partial charge in [-0.1, -0.05) is 6.92 Å². The molecule has 10 nitrogen and oxygen atoms in total. The molecule has 0 amide bonds. The van der Waals surface area contributed by atoms with Gasteiger partial charge in [-0.25, -0.2) is 0 Å². The van der Waals surface area contributed by atoms with Gasteiger partial charge >= 0.3 is 25.5 Å². The Kier molecular flexibility index (Phi) is 7.55. The molecule has 1 heterocycles. The molecule has 1 rings (SSSR count). The van der Waals surface area contributed by atoms with Crippen LogP contribution in [0.25, 0.3) is 0 Å². The third-order valence-electron chi connectivity index (χ3n) is 3.20. The molecule has 11 heteroatoms. The minimum absolute atomic E-state index is 0.307. The molecule has 0 saturated carbocycles. The minimum atomic E-state index is -4.02. The second kappa shape index (κ2) is 8.75. The quantitative estimate of drug-likeness (QED) is 0.398. The highest BCUT2D eigenvalue weighted by atomic mass is 31.2. The zero-order valence-corrected chi connectivity index (χ0v) is 15.6. The fourth-order valence-corrected chi connectivity index (χ4v) is 3.02. The molecule has 1 N–H and O–H groups in total. The van der Waals surface area contributed by atoms with Crippen LogP contribution in [0.5, 0.6) is 0 Å². The van der Waals surface area contributed by atoms with Crippen molar-refractivity contribution < 1.29 is 47.3 Å². The van der Waals surface area contributed by atoms with Crippen molar-refractivity contribution in [3.63, 3.8) is 0 Å². The number of hydrogen-bond donors (Lipinski definition) is 1. The number of ether oxygens (including phenoxy) is 4. The monoisotopic (exact) mass is 382 g/mol. The van der Waals surface area contributed by atoms with Gasteiger partial charge in [-0.15, -0.1) is 0 Å². The average molecular weight is 382 g/mol. The second-order valence-corrected chi connectivity index (χ2v) is 7.40. The van der Waals surface area contributed by atoms with Crippen LogP contribution in [-0.2, 0) is 42.4 Å². The van der Waals surface area contributed by atoms with Gasteiger partial charge in [-0.3, -0.25) is 23.5 Å². The molecule has 0 aliphatic carbocycles. The third kappa shape index (κ3) is 6.74. The topological polar surface area (TPSA) is 135 Å². The predicted molar refractivity (Wildman–Crippen MR) is 82.4 cm³/mol. The van der Waals surface area contributed by atoms with E-state index in [1.807, 2.05) is 0 Å². The summed E-state index contributed by atoms with van der Waals surface area (Å²) in [7, 11) is -4.02. The SMILES string of the molecule is CC[C@@H]1O[C@H](OP(C)(=O)O)[C@@H](OC(C)=O)[C@H](OC(C)=O)[C@@H]1OC(C)=O. The molecule has 0 radical (unpaired) electrons. The van der Waals surface area contributed by atoms with E-state index in [4.69, 9.17) is 23.5 Å². The van der Waals surface area contributed by atoms with E-state index < -0.39 is 56.2 Å². The molecule has 1 aliphatic rings. The maximum absolute atomic E-state index is 11.6. The Morgan fingerprint density at radius 3 is 1.80 bits per heavy atom. The first-order valence-corrected chi connectivity index (χ1v) is 9.62. The Bertz CT molecular complexity index is 556. The highest BCUT2D eigenvalue weighted by Crippen LogP contribution is 2.42. The molecular formula is C14H23O10P. The summed E-state index contributed by atoms with van der Waals surface area (Å²) < 4.78 is 37.6. The van der Waals surface area contributed by atoms with Gasteiger partial charge in [0.05, 0.1) is 0 Å². The molecule has 1 unspecified atom stereocenters. The van der Waals surface area contributed by atoms with Crippen LogP contribution in [-0.4, -0.2) is 60.2 Å². The van der Waals surface area contributed by atoms with Crippen LogP contribution in [0.3, 0.4) is 0 Å². The van der Waals surface area contributed by atoms with Crippen LogP contribution < -0.4 is 0 Å². The molecular weight excluding hydrogens is 359 g/mol. The minimum Gasteiger partial charge on any atom is -0.456 e. The van der Waals surface area contributed by atoms with Crippen molar-refractivity contribution in [2.24, 2.45) is 0 Å². The van der Waals surface area contributed by atoms with Crippen molar-refractivity contribution in [1.82, 2.24) is 0 Å². The first kappa shape index (κ1) is 21.6. The number of hydrogen-bond acceptors (Lipinski definition) is 9. The molecule has 1 aliphatic heterocycles. The van der Waals surface area contributed by atoms with Gasteiger partial charge < -0.3 is 23.8 Å². The lowest BCUT2D eigenvalue weighted by Crippen LogP contribution is -2.61. The van der Waals surface area contributed by atoms with E-state index in [0.29, 0.717) is 6.42 Å². The van der Waals surface area contributed by atoms with Crippen molar-refractivity contribution in [2.45, 2.75) is 64.8 Å². The molecule has 1 fully saturated rings. The normalized spacial score (nSPS) is 31.5. The highest BCUT2D eigenvalue weighted by molar-refractivity contribution is 7.51. The van der Waals surface area contributed by atoms with Crippen LogP contribution in [0.4, 0.5) is 0 Å². The lowest BCUT2D eigenvalue weighted by Gasteiger charge is -2.44. The van der Waals surface area contributed by atoms with Crippen molar-refractivity contribution in [3.8, 4) is 0 Å². The fourth-order valence-electron chi connectivity index (χ4n) is 2.46. The van der Waals surface area contributed by atoms with Crippen molar-refractivity contribution in [2.75, 3.05) is 6.66 Å². The summed E-state index contributed by atoms with van der Waals surface area (Å²) in [5, 5.41) is 0. The molecule has 25 heavy (non-hydrogen) atoms. The summed E-state index contributed by atoms with van der Waals surface area (Å²) in [6.07, 6.45) is -5.72. The summed E-state index contributed by atoms with van der Waals surface area (Å²) in [4.78, 5) is 43.8. The summed E-state index contributed by atoms with van der Waals surface area (Å²) in [6, 6.07) is 0. The van der Waals surface area contributed by atoms with Crippen LogP contribution in [0.15, 0.2) is 0 Å². The summed E-state index contributed by atoms with van der Waals surface area (Å²) in [5.74, 6) is -2.15. The summed E-state index contributed by atoms with van der Waals surface area (Å²) in [6.45, 7) is 6.02. The van der Waals surface area contributed by atoms with E-state index in [1.165, 1.54) is 0 Å². The van der Waals surface area contributed by atoms with E-state index in [-0.39, 0.29) is 0 Å². The van der Waals surface area contributed by atoms with Gasteiger partial charge in [0.15, 0.2) is 18.3 Å². The molecule has 1 saturated heterocycles. The Morgan fingerprint density at radius 2 is 1.40 bits per heavy atom. The molecule has 0 bridgehead atoms. The summed E-state index contributed by atoms with van der Waals surface area (Å²) in [5.41, 5.74) is 0. The molecule has 0 aromatic carbocycles. The highest BCUT2D eigenvalue weighted by Gasteiger charge is 2.52. The Hall–Kier alpha value is -1.48. The van der Waals surface area contributed by atoms with E-state index in [0.717, 1.165) is 27.4 Å².